The third kappa shape index (κ3) is 4.13. The van der Waals surface area contributed by atoms with Crippen LogP contribution in [0.25, 0.3) is 0 Å². The maximum atomic E-state index is 2.68. The summed E-state index contributed by atoms with van der Waals surface area (Å²) in [5.41, 5.74) is 1.62. The molecule has 17 heavy (non-hydrogen) atoms. The van der Waals surface area contributed by atoms with Crippen molar-refractivity contribution < 1.29 is 0 Å². The fourth-order valence-electron chi connectivity index (χ4n) is 3.31. The minimum Gasteiger partial charge on any atom is -0.303 e. The Morgan fingerprint density at radius 2 is 2.06 bits per heavy atom. The Bertz CT molecular complexity index is 250. The van der Waals surface area contributed by atoms with Gasteiger partial charge in [-0.25, -0.2) is 0 Å². The van der Waals surface area contributed by atoms with Crippen LogP contribution in [0.15, 0.2) is 11.6 Å². The molecule has 98 valence electrons. The molecule has 0 bridgehead atoms. The van der Waals surface area contributed by atoms with Crippen molar-refractivity contribution in [2.75, 3.05) is 19.6 Å². The van der Waals surface area contributed by atoms with E-state index in [1.807, 2.05) is 0 Å². The molecule has 2 atom stereocenters. The first-order valence-corrected chi connectivity index (χ1v) is 7.63. The molecule has 0 saturated carbocycles. The van der Waals surface area contributed by atoms with Crippen molar-refractivity contribution in [3.05, 3.63) is 11.6 Å². The lowest BCUT2D eigenvalue weighted by atomic mass is 9.80. The molecule has 1 aliphatic heterocycles. The van der Waals surface area contributed by atoms with Gasteiger partial charge in [-0.2, -0.15) is 0 Å². The highest BCUT2D eigenvalue weighted by molar-refractivity contribution is 5.03. The zero-order valence-electron chi connectivity index (χ0n) is 11.8. The van der Waals surface area contributed by atoms with E-state index in [0.29, 0.717) is 0 Å². The highest BCUT2D eigenvalue weighted by Crippen LogP contribution is 2.31. The summed E-state index contributed by atoms with van der Waals surface area (Å²) in [6.45, 7) is 8.82. The summed E-state index contributed by atoms with van der Waals surface area (Å²) in [5, 5.41) is 0. The molecule has 2 aliphatic rings. The van der Waals surface area contributed by atoms with Crippen LogP contribution in [0, 0.1) is 11.8 Å². The van der Waals surface area contributed by atoms with E-state index in [4.69, 9.17) is 0 Å². The molecule has 0 radical (unpaired) electrons. The van der Waals surface area contributed by atoms with Crippen LogP contribution >= 0.6 is 0 Å². The molecule has 1 fully saturated rings. The number of allylic oxidation sites excluding steroid dienone is 2. The van der Waals surface area contributed by atoms with Crippen LogP contribution < -0.4 is 0 Å². The maximum absolute atomic E-state index is 2.68. The fraction of sp³-hybridized carbons (Fsp3) is 0.875. The van der Waals surface area contributed by atoms with Gasteiger partial charge in [-0.3, -0.25) is 0 Å². The molecule has 2 unspecified atom stereocenters. The van der Waals surface area contributed by atoms with Crippen molar-refractivity contribution in [2.45, 2.75) is 58.8 Å². The standard InChI is InChI=1S/C16H29N/c1-14-6-8-16(9-7-14)15(2)10-13-17-11-4-3-5-12-17/h6,15-16H,3-5,7-13H2,1-2H3. The van der Waals surface area contributed by atoms with Gasteiger partial charge >= 0.3 is 0 Å². The lowest BCUT2D eigenvalue weighted by molar-refractivity contribution is 0.196. The summed E-state index contributed by atoms with van der Waals surface area (Å²) >= 11 is 0. The van der Waals surface area contributed by atoms with E-state index in [1.54, 1.807) is 5.57 Å². The predicted molar refractivity (Wildman–Crippen MR) is 75.2 cm³/mol. The topological polar surface area (TPSA) is 3.24 Å². The Morgan fingerprint density at radius 3 is 2.71 bits per heavy atom. The Kier molecular flexibility index (Phi) is 5.09. The number of rotatable bonds is 4. The van der Waals surface area contributed by atoms with Gasteiger partial charge < -0.3 is 4.90 Å². The van der Waals surface area contributed by atoms with Crippen LogP contribution in [0.5, 0.6) is 0 Å². The largest absolute Gasteiger partial charge is 0.303 e. The van der Waals surface area contributed by atoms with Crippen LogP contribution in [-0.2, 0) is 0 Å². The average Bonchev–Trinajstić information content (AvgIpc) is 2.38. The van der Waals surface area contributed by atoms with E-state index in [2.05, 4.69) is 24.8 Å². The predicted octanol–water partition coefficient (Wildman–Crippen LogP) is 4.24. The molecule has 1 heteroatoms. The van der Waals surface area contributed by atoms with Crippen molar-refractivity contribution in [1.82, 2.24) is 4.90 Å². The van der Waals surface area contributed by atoms with Gasteiger partial charge in [-0.05, 0) is 76.9 Å². The SMILES string of the molecule is CC1=CCC(C(C)CCN2CCCCC2)CC1. The normalized spacial score (nSPS) is 28.8. The second kappa shape index (κ2) is 6.58. The van der Waals surface area contributed by atoms with Crippen molar-refractivity contribution >= 4 is 0 Å². The first-order valence-electron chi connectivity index (χ1n) is 7.63. The van der Waals surface area contributed by atoms with Gasteiger partial charge in [0.05, 0.1) is 0 Å². The fourth-order valence-corrected chi connectivity index (χ4v) is 3.31. The van der Waals surface area contributed by atoms with Crippen LogP contribution in [-0.4, -0.2) is 24.5 Å². The number of hydrogen-bond donors (Lipinski definition) is 0. The molecule has 0 N–H and O–H groups in total. The maximum Gasteiger partial charge on any atom is -0.00161 e. The summed E-state index contributed by atoms with van der Waals surface area (Å²) in [4.78, 5) is 2.68. The Labute approximate surface area is 107 Å². The number of nitrogens with zero attached hydrogens (tertiary/aromatic N) is 1. The molecular weight excluding hydrogens is 206 g/mol. The molecular formula is C16H29N. The molecule has 0 spiro atoms. The number of likely N-dealkylation sites (tertiary alicyclic amines) is 1. The second-order valence-electron chi connectivity index (χ2n) is 6.25. The van der Waals surface area contributed by atoms with Crippen molar-refractivity contribution in [2.24, 2.45) is 11.8 Å². The van der Waals surface area contributed by atoms with Crippen LogP contribution in [0.3, 0.4) is 0 Å². The third-order valence-corrected chi connectivity index (χ3v) is 4.83. The van der Waals surface area contributed by atoms with Crippen LogP contribution in [0.4, 0.5) is 0 Å². The second-order valence-corrected chi connectivity index (χ2v) is 6.25. The van der Waals surface area contributed by atoms with Gasteiger partial charge in [-0.1, -0.05) is 25.0 Å². The van der Waals surface area contributed by atoms with Crippen LogP contribution in [0.2, 0.25) is 0 Å². The van der Waals surface area contributed by atoms with Crippen molar-refractivity contribution in [3.8, 4) is 0 Å². The quantitative estimate of drug-likeness (QED) is 0.659. The molecule has 0 aromatic carbocycles. The van der Waals surface area contributed by atoms with Gasteiger partial charge in [0.2, 0.25) is 0 Å². The Balaban J connectivity index is 1.68. The Hall–Kier alpha value is -0.300. The van der Waals surface area contributed by atoms with Crippen molar-refractivity contribution in [1.29, 1.82) is 0 Å². The molecule has 0 aromatic heterocycles. The zero-order valence-corrected chi connectivity index (χ0v) is 11.8. The van der Waals surface area contributed by atoms with Crippen molar-refractivity contribution in [3.63, 3.8) is 0 Å². The first-order chi connectivity index (χ1) is 8.25. The lowest BCUT2D eigenvalue weighted by Gasteiger charge is -2.31. The van der Waals surface area contributed by atoms with E-state index in [-0.39, 0.29) is 0 Å². The summed E-state index contributed by atoms with van der Waals surface area (Å²) in [6, 6.07) is 0. The molecule has 0 aromatic rings. The molecule has 1 heterocycles. The number of piperidine rings is 1. The molecule has 2 rings (SSSR count). The van der Waals surface area contributed by atoms with E-state index < -0.39 is 0 Å². The van der Waals surface area contributed by atoms with Gasteiger partial charge in [-0.15, -0.1) is 0 Å². The van der Waals surface area contributed by atoms with E-state index in [9.17, 15) is 0 Å². The molecule has 1 saturated heterocycles. The van der Waals surface area contributed by atoms with Gasteiger partial charge in [0.25, 0.3) is 0 Å². The molecule has 1 nitrogen and oxygen atoms in total. The Morgan fingerprint density at radius 1 is 1.29 bits per heavy atom. The smallest absolute Gasteiger partial charge is 0.00161 e. The minimum absolute atomic E-state index is 0.918. The average molecular weight is 235 g/mol. The summed E-state index contributed by atoms with van der Waals surface area (Å²) in [7, 11) is 0. The van der Waals surface area contributed by atoms with Crippen LogP contribution in [0.1, 0.15) is 58.8 Å². The summed E-state index contributed by atoms with van der Waals surface area (Å²) in [5.74, 6) is 1.88. The molecule has 0 amide bonds. The summed E-state index contributed by atoms with van der Waals surface area (Å²) < 4.78 is 0. The third-order valence-electron chi connectivity index (χ3n) is 4.83. The number of hydrogen-bond acceptors (Lipinski definition) is 1. The zero-order chi connectivity index (χ0) is 12.1. The lowest BCUT2D eigenvalue weighted by Crippen LogP contribution is -2.32. The molecule has 1 aliphatic carbocycles. The van der Waals surface area contributed by atoms with Gasteiger partial charge in [0.15, 0.2) is 0 Å². The summed E-state index contributed by atoms with van der Waals surface area (Å²) in [6.07, 6.45) is 12.3. The van der Waals surface area contributed by atoms with E-state index in [1.165, 1.54) is 64.6 Å². The van der Waals surface area contributed by atoms with Gasteiger partial charge in [0, 0.05) is 0 Å². The highest BCUT2D eigenvalue weighted by atomic mass is 15.1. The highest BCUT2D eigenvalue weighted by Gasteiger charge is 2.20. The van der Waals surface area contributed by atoms with Gasteiger partial charge in [0.1, 0.15) is 0 Å². The van der Waals surface area contributed by atoms with E-state index >= 15 is 0 Å². The monoisotopic (exact) mass is 235 g/mol. The van der Waals surface area contributed by atoms with E-state index in [0.717, 1.165) is 11.8 Å². The minimum atomic E-state index is 0.918. The first kappa shape index (κ1) is 13.1.